The zero-order valence-corrected chi connectivity index (χ0v) is 20.0. The summed E-state index contributed by atoms with van der Waals surface area (Å²) in [6, 6.07) is 20.9. The number of carbonyl (C=O) groups is 3. The summed E-state index contributed by atoms with van der Waals surface area (Å²) in [6.07, 6.45) is 0. The maximum atomic E-state index is 12.4. The summed E-state index contributed by atoms with van der Waals surface area (Å²) in [4.78, 5) is 37.1. The molecule has 0 atom stereocenters. The van der Waals surface area contributed by atoms with Crippen molar-refractivity contribution in [3.05, 3.63) is 101 Å². The molecule has 0 saturated heterocycles. The zero-order valence-electron chi connectivity index (χ0n) is 19.1. The molecule has 0 radical (unpaired) electrons. The van der Waals surface area contributed by atoms with Crippen LogP contribution in [-0.2, 0) is 0 Å². The third kappa shape index (κ3) is 6.49. The molecule has 3 amide bonds. The van der Waals surface area contributed by atoms with Crippen LogP contribution in [0.3, 0.4) is 0 Å². The lowest BCUT2D eigenvalue weighted by molar-refractivity contribution is 0.0934. The van der Waals surface area contributed by atoms with Crippen LogP contribution in [-0.4, -0.2) is 22.8 Å². The topological polar surface area (TPSA) is 99.3 Å². The lowest BCUT2D eigenvalue weighted by Crippen LogP contribution is -2.48. The molecule has 0 aromatic heterocycles. The molecule has 7 nitrogen and oxygen atoms in total. The van der Waals surface area contributed by atoms with E-state index in [1.54, 1.807) is 48.5 Å². The van der Waals surface area contributed by atoms with Gasteiger partial charge in [0.05, 0.1) is 0 Å². The molecule has 3 aromatic rings. The molecule has 0 heterocycles. The van der Waals surface area contributed by atoms with Crippen LogP contribution in [0, 0.1) is 6.92 Å². The molecule has 34 heavy (non-hydrogen) atoms. The van der Waals surface area contributed by atoms with Crippen LogP contribution in [0.25, 0.3) is 0 Å². The molecule has 0 bridgehead atoms. The summed E-state index contributed by atoms with van der Waals surface area (Å²) in [6.45, 7) is 6.02. The number of carbonyl (C=O) groups excluding carboxylic acids is 3. The highest BCUT2D eigenvalue weighted by atomic mass is 32.1. The highest BCUT2D eigenvalue weighted by molar-refractivity contribution is 7.80. The second kappa shape index (κ2) is 11.2. The van der Waals surface area contributed by atoms with E-state index in [4.69, 9.17) is 12.2 Å². The first kappa shape index (κ1) is 24.6. The van der Waals surface area contributed by atoms with Crippen molar-refractivity contribution in [3.63, 3.8) is 0 Å². The van der Waals surface area contributed by atoms with Crippen LogP contribution >= 0.6 is 12.2 Å². The van der Waals surface area contributed by atoms with Crippen LogP contribution in [0.1, 0.15) is 62.0 Å². The van der Waals surface area contributed by atoms with Gasteiger partial charge in [0.2, 0.25) is 0 Å². The standard InChI is InChI=1S/C26H26N4O3S/c1-16(2)18-8-10-19(11-9-18)23(31)28-26(34)30-29-24(32)20-12-14-21(15-13-20)27-25(33)22-7-5-4-6-17(22)3/h4-16H,1-3H3,(H,27,33)(H,29,32)(H2,28,30,31,34). The third-order valence-electron chi connectivity index (χ3n) is 5.15. The van der Waals surface area contributed by atoms with E-state index < -0.39 is 5.91 Å². The fourth-order valence-corrected chi connectivity index (χ4v) is 3.29. The van der Waals surface area contributed by atoms with Crippen molar-refractivity contribution in [2.24, 2.45) is 0 Å². The van der Waals surface area contributed by atoms with Gasteiger partial charge in [-0.25, -0.2) is 0 Å². The summed E-state index contributed by atoms with van der Waals surface area (Å²) < 4.78 is 0. The van der Waals surface area contributed by atoms with E-state index in [0.717, 1.165) is 11.1 Å². The Labute approximate surface area is 203 Å². The molecule has 3 rings (SSSR count). The minimum atomic E-state index is -0.449. The number of benzene rings is 3. The number of anilines is 1. The highest BCUT2D eigenvalue weighted by Gasteiger charge is 2.12. The average molecular weight is 475 g/mol. The molecule has 0 aliphatic heterocycles. The number of rotatable bonds is 5. The predicted octanol–water partition coefficient (Wildman–Crippen LogP) is 4.32. The molecular formula is C26H26N4O3S. The van der Waals surface area contributed by atoms with E-state index in [1.165, 1.54) is 0 Å². The van der Waals surface area contributed by atoms with Crippen molar-refractivity contribution >= 4 is 40.7 Å². The number of aryl methyl sites for hydroxylation is 1. The summed E-state index contributed by atoms with van der Waals surface area (Å²) in [7, 11) is 0. The number of hydrogen-bond donors (Lipinski definition) is 4. The van der Waals surface area contributed by atoms with Crippen molar-refractivity contribution in [1.82, 2.24) is 16.2 Å². The molecule has 0 fully saturated rings. The normalized spacial score (nSPS) is 10.4. The van der Waals surface area contributed by atoms with Gasteiger partial charge in [-0.2, -0.15) is 0 Å². The quantitative estimate of drug-likeness (QED) is 0.326. The minimum Gasteiger partial charge on any atom is -0.322 e. The smallest absolute Gasteiger partial charge is 0.269 e. The van der Waals surface area contributed by atoms with Gasteiger partial charge in [0.1, 0.15) is 0 Å². The van der Waals surface area contributed by atoms with E-state index in [2.05, 4.69) is 35.3 Å². The van der Waals surface area contributed by atoms with Crippen LogP contribution in [0.2, 0.25) is 0 Å². The number of hydrogen-bond acceptors (Lipinski definition) is 4. The first-order valence-corrected chi connectivity index (χ1v) is 11.1. The Bertz CT molecular complexity index is 1210. The van der Waals surface area contributed by atoms with E-state index in [-0.39, 0.29) is 16.9 Å². The maximum absolute atomic E-state index is 12.4. The molecule has 4 N–H and O–H groups in total. The summed E-state index contributed by atoms with van der Waals surface area (Å²) in [5, 5.41) is 5.30. The van der Waals surface area contributed by atoms with Gasteiger partial charge in [-0.15, -0.1) is 0 Å². The summed E-state index contributed by atoms with van der Waals surface area (Å²) >= 11 is 5.09. The highest BCUT2D eigenvalue weighted by Crippen LogP contribution is 2.15. The first-order valence-electron chi connectivity index (χ1n) is 10.7. The Kier molecular flexibility index (Phi) is 8.10. The second-order valence-corrected chi connectivity index (χ2v) is 8.39. The second-order valence-electron chi connectivity index (χ2n) is 7.99. The van der Waals surface area contributed by atoms with E-state index >= 15 is 0 Å². The molecule has 0 unspecified atom stereocenters. The number of nitrogens with one attached hydrogen (secondary N) is 4. The summed E-state index contributed by atoms with van der Waals surface area (Å²) in [5.41, 5.74) is 8.91. The molecule has 0 aliphatic carbocycles. The Hall–Kier alpha value is -4.04. The van der Waals surface area contributed by atoms with Gasteiger partial charge in [0.25, 0.3) is 17.7 Å². The Morgan fingerprint density at radius 2 is 1.32 bits per heavy atom. The molecule has 0 spiro atoms. The van der Waals surface area contributed by atoms with Gasteiger partial charge in [0, 0.05) is 22.4 Å². The van der Waals surface area contributed by atoms with Crippen LogP contribution in [0.5, 0.6) is 0 Å². The molecule has 8 heteroatoms. The third-order valence-corrected chi connectivity index (χ3v) is 5.35. The van der Waals surface area contributed by atoms with Gasteiger partial charge in [-0.1, -0.05) is 44.2 Å². The average Bonchev–Trinajstić information content (AvgIpc) is 2.83. The Balaban J connectivity index is 1.49. The van der Waals surface area contributed by atoms with Gasteiger partial charge in [-0.3, -0.25) is 30.6 Å². The summed E-state index contributed by atoms with van der Waals surface area (Å²) in [5.74, 6) is -0.684. The molecule has 3 aromatic carbocycles. The molecule has 174 valence electrons. The predicted molar refractivity (Wildman–Crippen MR) is 137 cm³/mol. The fraction of sp³-hybridized carbons (Fsp3) is 0.154. The van der Waals surface area contributed by atoms with Crippen molar-refractivity contribution in [3.8, 4) is 0 Å². The Morgan fingerprint density at radius 3 is 1.94 bits per heavy atom. The van der Waals surface area contributed by atoms with Gasteiger partial charge < -0.3 is 5.32 Å². The van der Waals surface area contributed by atoms with Gasteiger partial charge in [0.15, 0.2) is 5.11 Å². The lowest BCUT2D eigenvalue weighted by atomic mass is 10.0. The van der Waals surface area contributed by atoms with Crippen molar-refractivity contribution < 1.29 is 14.4 Å². The van der Waals surface area contributed by atoms with Crippen LogP contribution in [0.15, 0.2) is 72.8 Å². The van der Waals surface area contributed by atoms with E-state index in [0.29, 0.717) is 28.3 Å². The monoisotopic (exact) mass is 474 g/mol. The van der Waals surface area contributed by atoms with Gasteiger partial charge >= 0.3 is 0 Å². The largest absolute Gasteiger partial charge is 0.322 e. The minimum absolute atomic E-state index is 0.0339. The SMILES string of the molecule is Cc1ccccc1C(=O)Nc1ccc(C(=O)NNC(=S)NC(=O)c2ccc(C(C)C)cc2)cc1. The van der Waals surface area contributed by atoms with Crippen molar-refractivity contribution in [2.75, 3.05) is 5.32 Å². The van der Waals surface area contributed by atoms with Crippen LogP contribution in [0.4, 0.5) is 5.69 Å². The van der Waals surface area contributed by atoms with E-state index in [1.807, 2.05) is 31.2 Å². The number of thiocarbonyl (C=S) groups is 1. The lowest BCUT2D eigenvalue weighted by Gasteiger charge is -2.12. The molecular weight excluding hydrogens is 448 g/mol. The molecule has 0 aliphatic rings. The maximum Gasteiger partial charge on any atom is 0.269 e. The zero-order chi connectivity index (χ0) is 24.7. The fourth-order valence-electron chi connectivity index (χ4n) is 3.14. The Morgan fingerprint density at radius 1 is 0.735 bits per heavy atom. The van der Waals surface area contributed by atoms with Crippen molar-refractivity contribution in [2.45, 2.75) is 26.7 Å². The first-order chi connectivity index (χ1) is 16.2. The van der Waals surface area contributed by atoms with E-state index in [9.17, 15) is 14.4 Å². The number of hydrazine groups is 1. The van der Waals surface area contributed by atoms with Crippen LogP contribution < -0.4 is 21.5 Å². The number of amides is 3. The molecule has 0 saturated carbocycles. The van der Waals surface area contributed by atoms with Gasteiger partial charge in [-0.05, 0) is 78.7 Å². The van der Waals surface area contributed by atoms with Crippen molar-refractivity contribution in [1.29, 1.82) is 0 Å².